The van der Waals surface area contributed by atoms with E-state index in [-0.39, 0.29) is 5.97 Å². The molecule has 0 saturated heterocycles. The smallest absolute Gasteiger partial charge is 0.337 e. The van der Waals surface area contributed by atoms with Crippen molar-refractivity contribution < 1.29 is 9.53 Å². The number of hydrogen-bond acceptors (Lipinski definition) is 3. The number of methoxy groups -OCH3 is 1. The zero-order valence-corrected chi connectivity index (χ0v) is 11.2. The molecule has 2 rings (SSSR count). The molecule has 0 N–H and O–H groups in total. The molecule has 0 radical (unpaired) electrons. The fraction of sp³-hybridized carbons (Fsp3) is 0.231. The average molecular weight is 265 g/mol. The van der Waals surface area contributed by atoms with Gasteiger partial charge in [-0.3, -0.25) is 4.68 Å². The van der Waals surface area contributed by atoms with Crippen molar-refractivity contribution in [3.8, 4) is 11.3 Å². The molecular formula is C13H13ClN2O2. The van der Waals surface area contributed by atoms with E-state index in [0.717, 1.165) is 17.0 Å². The number of carbonyl (C=O) groups excluding carboxylic acids is 1. The van der Waals surface area contributed by atoms with Gasteiger partial charge in [-0.1, -0.05) is 11.6 Å². The van der Waals surface area contributed by atoms with Gasteiger partial charge in [0.15, 0.2) is 0 Å². The van der Waals surface area contributed by atoms with Gasteiger partial charge in [-0.25, -0.2) is 4.79 Å². The molecule has 5 heteroatoms. The third kappa shape index (κ3) is 2.24. The Morgan fingerprint density at radius 3 is 2.67 bits per heavy atom. The second-order valence-corrected chi connectivity index (χ2v) is 4.39. The third-order valence-corrected chi connectivity index (χ3v) is 2.99. The number of esters is 1. The summed E-state index contributed by atoms with van der Waals surface area (Å²) in [6.07, 6.45) is 0. The minimum atomic E-state index is -0.383. The summed E-state index contributed by atoms with van der Waals surface area (Å²) in [4.78, 5) is 11.5. The number of nitrogens with zero attached hydrogens (tertiary/aromatic N) is 2. The maximum Gasteiger partial charge on any atom is 0.337 e. The second-order valence-electron chi connectivity index (χ2n) is 3.98. The molecule has 18 heavy (non-hydrogen) atoms. The highest BCUT2D eigenvalue weighted by atomic mass is 35.5. The van der Waals surface area contributed by atoms with Crippen LogP contribution in [-0.2, 0) is 11.8 Å². The lowest BCUT2D eigenvalue weighted by Gasteiger charge is -2.07. The van der Waals surface area contributed by atoms with Crippen LogP contribution in [0, 0.1) is 6.92 Å². The van der Waals surface area contributed by atoms with Crippen LogP contribution in [-0.4, -0.2) is 22.9 Å². The van der Waals surface area contributed by atoms with Crippen LogP contribution in [0.5, 0.6) is 0 Å². The molecule has 0 spiro atoms. The van der Waals surface area contributed by atoms with Crippen LogP contribution >= 0.6 is 11.6 Å². The number of ether oxygens (including phenoxy) is 1. The fourth-order valence-electron chi connectivity index (χ4n) is 1.83. The van der Waals surface area contributed by atoms with Crippen LogP contribution in [0.2, 0.25) is 5.02 Å². The van der Waals surface area contributed by atoms with Crippen molar-refractivity contribution in [2.45, 2.75) is 6.92 Å². The highest BCUT2D eigenvalue weighted by Crippen LogP contribution is 2.29. The summed E-state index contributed by atoms with van der Waals surface area (Å²) in [6.45, 7) is 1.90. The summed E-state index contributed by atoms with van der Waals surface area (Å²) in [5, 5.41) is 4.84. The summed E-state index contributed by atoms with van der Waals surface area (Å²) >= 11 is 6.17. The lowest BCUT2D eigenvalue weighted by atomic mass is 10.1. The Hall–Kier alpha value is -1.81. The van der Waals surface area contributed by atoms with Crippen molar-refractivity contribution in [1.29, 1.82) is 0 Å². The van der Waals surface area contributed by atoms with Crippen molar-refractivity contribution in [2.75, 3.05) is 7.11 Å². The predicted octanol–water partition coefficient (Wildman–Crippen LogP) is 2.84. The maximum atomic E-state index is 11.5. The zero-order chi connectivity index (χ0) is 13.3. The predicted molar refractivity (Wildman–Crippen MR) is 69.7 cm³/mol. The Labute approximate surface area is 110 Å². The van der Waals surface area contributed by atoms with Crippen LogP contribution in [0.3, 0.4) is 0 Å². The molecule has 0 atom stereocenters. The van der Waals surface area contributed by atoms with E-state index in [9.17, 15) is 4.79 Å². The molecular weight excluding hydrogens is 252 g/mol. The Kier molecular flexibility index (Phi) is 3.39. The summed E-state index contributed by atoms with van der Waals surface area (Å²) in [5.74, 6) is -0.383. The van der Waals surface area contributed by atoms with E-state index in [1.807, 2.05) is 20.0 Å². The minimum absolute atomic E-state index is 0.383. The number of aryl methyl sites for hydroxylation is 2. The molecule has 0 fully saturated rings. The van der Waals surface area contributed by atoms with Crippen LogP contribution in [0.4, 0.5) is 0 Å². The molecule has 0 unspecified atom stereocenters. The Morgan fingerprint density at radius 2 is 2.11 bits per heavy atom. The van der Waals surface area contributed by atoms with Gasteiger partial charge in [0.25, 0.3) is 0 Å². The molecule has 1 aromatic carbocycles. The highest BCUT2D eigenvalue weighted by molar-refractivity contribution is 6.33. The number of aromatic nitrogens is 2. The van der Waals surface area contributed by atoms with E-state index in [2.05, 4.69) is 5.10 Å². The largest absolute Gasteiger partial charge is 0.465 e. The van der Waals surface area contributed by atoms with Gasteiger partial charge < -0.3 is 4.74 Å². The monoisotopic (exact) mass is 264 g/mol. The Bertz CT molecular complexity index is 605. The normalized spacial score (nSPS) is 10.4. The molecule has 4 nitrogen and oxygen atoms in total. The standard InChI is InChI=1S/C13H13ClN2O2/c1-8-6-12(16(2)15-8)10-7-9(13(17)18-3)4-5-11(10)14/h4-7H,1-3H3. The molecule has 0 bridgehead atoms. The lowest BCUT2D eigenvalue weighted by molar-refractivity contribution is 0.0601. The quantitative estimate of drug-likeness (QED) is 0.784. The van der Waals surface area contributed by atoms with E-state index in [1.54, 1.807) is 22.9 Å². The number of halogens is 1. The molecule has 1 heterocycles. The van der Waals surface area contributed by atoms with E-state index >= 15 is 0 Å². The first kappa shape index (κ1) is 12.6. The molecule has 0 aliphatic rings. The van der Waals surface area contributed by atoms with Gasteiger partial charge in [0.1, 0.15) is 0 Å². The lowest BCUT2D eigenvalue weighted by Crippen LogP contribution is -2.02. The average Bonchev–Trinajstić information content (AvgIpc) is 2.68. The number of hydrogen-bond donors (Lipinski definition) is 0. The van der Waals surface area contributed by atoms with Gasteiger partial charge in [0.05, 0.1) is 24.1 Å². The molecule has 0 aliphatic heterocycles. The molecule has 2 aromatic rings. The van der Waals surface area contributed by atoms with E-state index in [4.69, 9.17) is 16.3 Å². The summed E-state index contributed by atoms with van der Waals surface area (Å²) in [5.41, 5.74) is 2.99. The van der Waals surface area contributed by atoms with Crippen molar-refractivity contribution in [3.63, 3.8) is 0 Å². The van der Waals surface area contributed by atoms with Gasteiger partial charge in [-0.2, -0.15) is 5.10 Å². The van der Waals surface area contributed by atoms with Gasteiger partial charge in [0, 0.05) is 17.6 Å². The molecule has 94 valence electrons. The van der Waals surface area contributed by atoms with Gasteiger partial charge in [-0.15, -0.1) is 0 Å². The van der Waals surface area contributed by atoms with Crippen molar-refractivity contribution in [1.82, 2.24) is 9.78 Å². The molecule has 0 aliphatic carbocycles. The molecule has 0 amide bonds. The van der Waals surface area contributed by atoms with E-state index in [1.165, 1.54) is 7.11 Å². The number of benzene rings is 1. The molecule has 1 aromatic heterocycles. The zero-order valence-electron chi connectivity index (χ0n) is 10.4. The SMILES string of the molecule is COC(=O)c1ccc(Cl)c(-c2cc(C)nn2C)c1. The third-order valence-electron chi connectivity index (χ3n) is 2.67. The summed E-state index contributed by atoms with van der Waals surface area (Å²) in [7, 11) is 3.19. The van der Waals surface area contributed by atoms with Crippen LogP contribution in [0.25, 0.3) is 11.3 Å². The fourth-order valence-corrected chi connectivity index (χ4v) is 2.04. The van der Waals surface area contributed by atoms with Crippen molar-refractivity contribution in [3.05, 3.63) is 40.5 Å². The Morgan fingerprint density at radius 1 is 1.39 bits per heavy atom. The van der Waals surface area contributed by atoms with Crippen LogP contribution in [0.15, 0.2) is 24.3 Å². The van der Waals surface area contributed by atoms with E-state index in [0.29, 0.717) is 10.6 Å². The Balaban J connectivity index is 2.56. The van der Waals surface area contributed by atoms with Gasteiger partial charge in [0.2, 0.25) is 0 Å². The number of rotatable bonds is 2. The topological polar surface area (TPSA) is 44.1 Å². The van der Waals surface area contributed by atoms with Gasteiger partial charge in [-0.05, 0) is 31.2 Å². The van der Waals surface area contributed by atoms with Gasteiger partial charge >= 0.3 is 5.97 Å². The molecule has 0 saturated carbocycles. The first-order chi connectivity index (χ1) is 8.52. The van der Waals surface area contributed by atoms with Crippen LogP contribution < -0.4 is 0 Å². The highest BCUT2D eigenvalue weighted by Gasteiger charge is 2.13. The first-order valence-corrected chi connectivity index (χ1v) is 5.79. The van der Waals surface area contributed by atoms with Crippen molar-refractivity contribution >= 4 is 17.6 Å². The maximum absolute atomic E-state index is 11.5. The van der Waals surface area contributed by atoms with E-state index < -0.39 is 0 Å². The minimum Gasteiger partial charge on any atom is -0.465 e. The van der Waals surface area contributed by atoms with Crippen LogP contribution in [0.1, 0.15) is 16.1 Å². The summed E-state index contributed by atoms with van der Waals surface area (Å²) < 4.78 is 6.43. The first-order valence-electron chi connectivity index (χ1n) is 5.42. The second kappa shape index (κ2) is 4.82. The number of carbonyl (C=O) groups is 1. The van der Waals surface area contributed by atoms with Crippen molar-refractivity contribution in [2.24, 2.45) is 7.05 Å². The summed E-state index contributed by atoms with van der Waals surface area (Å²) in [6, 6.07) is 6.96.